The predicted octanol–water partition coefficient (Wildman–Crippen LogP) is 2.77. The fourth-order valence-corrected chi connectivity index (χ4v) is 2.44. The van der Waals surface area contributed by atoms with Gasteiger partial charge in [0.15, 0.2) is 11.6 Å². The Bertz CT molecular complexity index is 568. The van der Waals surface area contributed by atoms with E-state index in [-0.39, 0.29) is 10.5 Å². The molecule has 18 heavy (non-hydrogen) atoms. The molecule has 0 aliphatic rings. The molecule has 0 bridgehead atoms. The molecule has 1 N–H and O–H groups in total. The van der Waals surface area contributed by atoms with Crippen LogP contribution in [0.3, 0.4) is 0 Å². The molecule has 0 fully saturated rings. The standard InChI is InChI=1S/C12H12BrF2N3/c1-16-12(9-5-6-17-18(9)2)7-3-4-8(14)11(15)10(7)13/h3-6,12,16H,1-2H3. The second kappa shape index (κ2) is 5.16. The van der Waals surface area contributed by atoms with Crippen molar-refractivity contribution in [2.45, 2.75) is 6.04 Å². The molecule has 2 aromatic rings. The Morgan fingerprint density at radius 1 is 1.33 bits per heavy atom. The van der Waals surface area contributed by atoms with E-state index in [4.69, 9.17) is 0 Å². The minimum absolute atomic E-state index is 0.128. The van der Waals surface area contributed by atoms with E-state index in [1.165, 1.54) is 0 Å². The van der Waals surface area contributed by atoms with Crippen molar-refractivity contribution >= 4 is 15.9 Å². The first kappa shape index (κ1) is 13.2. The quantitative estimate of drug-likeness (QED) is 0.883. The lowest BCUT2D eigenvalue weighted by atomic mass is 10.0. The summed E-state index contributed by atoms with van der Waals surface area (Å²) in [4.78, 5) is 0. The van der Waals surface area contributed by atoms with Crippen molar-refractivity contribution in [1.29, 1.82) is 0 Å². The maximum Gasteiger partial charge on any atom is 0.173 e. The van der Waals surface area contributed by atoms with Crippen LogP contribution in [-0.4, -0.2) is 16.8 Å². The molecule has 1 aromatic carbocycles. The Labute approximate surface area is 112 Å². The minimum atomic E-state index is -0.880. The van der Waals surface area contributed by atoms with Crippen LogP contribution >= 0.6 is 15.9 Å². The van der Waals surface area contributed by atoms with Crippen LogP contribution in [0.15, 0.2) is 28.9 Å². The molecule has 0 aliphatic heterocycles. The molecule has 0 saturated carbocycles. The van der Waals surface area contributed by atoms with Gasteiger partial charge >= 0.3 is 0 Å². The number of benzene rings is 1. The van der Waals surface area contributed by atoms with Crippen molar-refractivity contribution in [3.8, 4) is 0 Å². The summed E-state index contributed by atoms with van der Waals surface area (Å²) in [5.41, 5.74) is 1.49. The summed E-state index contributed by atoms with van der Waals surface area (Å²) >= 11 is 3.10. The number of hydrogen-bond acceptors (Lipinski definition) is 2. The van der Waals surface area contributed by atoms with Gasteiger partial charge in [-0.05, 0) is 40.7 Å². The van der Waals surface area contributed by atoms with Gasteiger partial charge in [-0.15, -0.1) is 0 Å². The Kier molecular flexibility index (Phi) is 3.77. The second-order valence-electron chi connectivity index (χ2n) is 3.87. The zero-order chi connectivity index (χ0) is 13.3. The summed E-state index contributed by atoms with van der Waals surface area (Å²) in [6.07, 6.45) is 1.66. The predicted molar refractivity (Wildman–Crippen MR) is 68.2 cm³/mol. The zero-order valence-electron chi connectivity index (χ0n) is 9.92. The van der Waals surface area contributed by atoms with E-state index in [2.05, 4.69) is 26.3 Å². The smallest absolute Gasteiger partial charge is 0.173 e. The number of nitrogens with zero attached hydrogens (tertiary/aromatic N) is 2. The molecule has 6 heteroatoms. The van der Waals surface area contributed by atoms with Gasteiger partial charge in [0.1, 0.15) is 0 Å². The number of halogens is 3. The van der Waals surface area contributed by atoms with Gasteiger partial charge in [-0.25, -0.2) is 8.78 Å². The molecule has 0 amide bonds. The third-order valence-corrected chi connectivity index (χ3v) is 3.63. The summed E-state index contributed by atoms with van der Waals surface area (Å²) in [7, 11) is 3.55. The van der Waals surface area contributed by atoms with E-state index in [0.29, 0.717) is 5.56 Å². The molecule has 1 atom stereocenters. The lowest BCUT2D eigenvalue weighted by Gasteiger charge is -2.18. The normalized spacial score (nSPS) is 12.7. The fourth-order valence-electron chi connectivity index (χ4n) is 1.89. The van der Waals surface area contributed by atoms with E-state index in [9.17, 15) is 8.78 Å². The number of rotatable bonds is 3. The van der Waals surface area contributed by atoms with Crippen molar-refractivity contribution < 1.29 is 8.78 Å². The Morgan fingerprint density at radius 3 is 2.61 bits per heavy atom. The zero-order valence-corrected chi connectivity index (χ0v) is 11.5. The van der Waals surface area contributed by atoms with Gasteiger partial charge in [-0.3, -0.25) is 4.68 Å². The molecule has 2 rings (SSSR count). The topological polar surface area (TPSA) is 29.9 Å². The van der Waals surface area contributed by atoms with Gasteiger partial charge in [0, 0.05) is 13.2 Å². The Balaban J connectivity index is 2.53. The van der Waals surface area contributed by atoms with Crippen molar-refractivity contribution in [3.05, 3.63) is 51.8 Å². The van der Waals surface area contributed by atoms with Crippen LogP contribution in [0, 0.1) is 11.6 Å². The maximum absolute atomic E-state index is 13.6. The Hall–Kier alpha value is -1.27. The van der Waals surface area contributed by atoms with Gasteiger partial charge in [-0.1, -0.05) is 6.07 Å². The summed E-state index contributed by atoms with van der Waals surface area (Å²) in [5, 5.41) is 7.14. The molecular weight excluding hydrogens is 304 g/mol. The number of aryl methyl sites for hydroxylation is 1. The molecule has 1 heterocycles. The SMILES string of the molecule is CNC(c1ccc(F)c(F)c1Br)c1ccnn1C. The number of aromatic nitrogens is 2. The molecule has 1 unspecified atom stereocenters. The van der Waals surface area contributed by atoms with Crippen molar-refractivity contribution in [2.75, 3.05) is 7.05 Å². The molecule has 96 valence electrons. The molecule has 0 saturated heterocycles. The first-order chi connectivity index (χ1) is 8.56. The second-order valence-corrected chi connectivity index (χ2v) is 4.66. The van der Waals surface area contributed by atoms with Crippen LogP contribution in [-0.2, 0) is 7.05 Å². The Morgan fingerprint density at radius 2 is 2.06 bits per heavy atom. The molecule has 0 spiro atoms. The highest BCUT2D eigenvalue weighted by Gasteiger charge is 2.21. The van der Waals surface area contributed by atoms with Crippen molar-refractivity contribution in [3.63, 3.8) is 0 Å². The third-order valence-electron chi connectivity index (χ3n) is 2.82. The van der Waals surface area contributed by atoms with Crippen LogP contribution < -0.4 is 5.32 Å². The van der Waals surface area contributed by atoms with Gasteiger partial charge in [-0.2, -0.15) is 5.10 Å². The molecule has 3 nitrogen and oxygen atoms in total. The average molecular weight is 316 g/mol. The first-order valence-electron chi connectivity index (χ1n) is 5.34. The minimum Gasteiger partial charge on any atom is -0.308 e. The number of hydrogen-bond donors (Lipinski definition) is 1. The van der Waals surface area contributed by atoms with Crippen molar-refractivity contribution in [1.82, 2.24) is 15.1 Å². The van der Waals surface area contributed by atoms with E-state index in [1.807, 2.05) is 6.07 Å². The van der Waals surface area contributed by atoms with Crippen LogP contribution in [0.4, 0.5) is 8.78 Å². The summed E-state index contributed by atoms with van der Waals surface area (Å²) in [5.74, 6) is -1.75. The van der Waals surface area contributed by atoms with Crippen LogP contribution in [0.25, 0.3) is 0 Å². The molecular formula is C12H12BrF2N3. The van der Waals surface area contributed by atoms with Crippen molar-refractivity contribution in [2.24, 2.45) is 7.05 Å². The van der Waals surface area contributed by atoms with Crippen LogP contribution in [0.5, 0.6) is 0 Å². The molecule has 0 radical (unpaired) electrons. The average Bonchev–Trinajstić information content (AvgIpc) is 2.77. The fraction of sp³-hybridized carbons (Fsp3) is 0.250. The maximum atomic E-state index is 13.6. The first-order valence-corrected chi connectivity index (χ1v) is 6.14. The summed E-state index contributed by atoms with van der Waals surface area (Å²) in [6, 6.07) is 4.24. The van der Waals surface area contributed by atoms with Crippen LogP contribution in [0.2, 0.25) is 0 Å². The largest absolute Gasteiger partial charge is 0.308 e. The van der Waals surface area contributed by atoms with Gasteiger partial charge in [0.05, 0.1) is 16.2 Å². The van der Waals surface area contributed by atoms with Gasteiger partial charge in [0.2, 0.25) is 0 Å². The molecule has 0 aliphatic carbocycles. The van der Waals surface area contributed by atoms with Gasteiger partial charge in [0.25, 0.3) is 0 Å². The highest BCUT2D eigenvalue weighted by Crippen LogP contribution is 2.31. The monoisotopic (exact) mass is 315 g/mol. The van der Waals surface area contributed by atoms with E-state index in [1.54, 1.807) is 31.0 Å². The van der Waals surface area contributed by atoms with E-state index in [0.717, 1.165) is 11.8 Å². The summed E-state index contributed by atoms with van der Waals surface area (Å²) in [6.45, 7) is 0. The highest BCUT2D eigenvalue weighted by molar-refractivity contribution is 9.10. The van der Waals surface area contributed by atoms with Crippen LogP contribution in [0.1, 0.15) is 17.3 Å². The lowest BCUT2D eigenvalue weighted by Crippen LogP contribution is -2.21. The van der Waals surface area contributed by atoms with Gasteiger partial charge < -0.3 is 5.32 Å². The molecule has 1 aromatic heterocycles. The summed E-state index contributed by atoms with van der Waals surface area (Å²) < 4.78 is 28.5. The lowest BCUT2D eigenvalue weighted by molar-refractivity contribution is 0.498. The van der Waals surface area contributed by atoms with E-state index >= 15 is 0 Å². The third kappa shape index (κ3) is 2.18. The highest BCUT2D eigenvalue weighted by atomic mass is 79.9. The number of nitrogens with one attached hydrogen (secondary N) is 1. The van der Waals surface area contributed by atoms with E-state index < -0.39 is 11.6 Å².